The van der Waals surface area contributed by atoms with Crippen LogP contribution in [-0.2, 0) is 0 Å². The fraction of sp³-hybridized carbons (Fsp3) is 0.538. The fourth-order valence-electron chi connectivity index (χ4n) is 2.17. The van der Waals surface area contributed by atoms with E-state index in [1.165, 1.54) is 19.3 Å². The van der Waals surface area contributed by atoms with E-state index in [-0.39, 0.29) is 5.91 Å². The Kier molecular flexibility index (Phi) is 4.15. The van der Waals surface area contributed by atoms with Gasteiger partial charge in [0.15, 0.2) is 0 Å². The van der Waals surface area contributed by atoms with Crippen molar-refractivity contribution in [2.75, 3.05) is 18.5 Å². The van der Waals surface area contributed by atoms with Crippen LogP contribution >= 0.6 is 0 Å². The smallest absolute Gasteiger partial charge is 0.254 e. The van der Waals surface area contributed by atoms with Crippen molar-refractivity contribution in [1.29, 1.82) is 0 Å². The van der Waals surface area contributed by atoms with Gasteiger partial charge in [-0.2, -0.15) is 0 Å². The van der Waals surface area contributed by atoms with Crippen molar-refractivity contribution in [3.63, 3.8) is 0 Å². The molecule has 1 saturated carbocycles. The van der Waals surface area contributed by atoms with E-state index in [9.17, 15) is 4.79 Å². The van der Waals surface area contributed by atoms with Crippen molar-refractivity contribution in [1.82, 2.24) is 9.88 Å². The molecule has 3 N–H and O–H groups in total. The lowest BCUT2D eigenvalue weighted by molar-refractivity contribution is 0.0706. The van der Waals surface area contributed by atoms with Crippen LogP contribution < -0.4 is 11.3 Å². The molecule has 1 amide bonds. The van der Waals surface area contributed by atoms with E-state index in [2.05, 4.69) is 10.4 Å². The van der Waals surface area contributed by atoms with Gasteiger partial charge < -0.3 is 10.3 Å². The lowest BCUT2D eigenvalue weighted by Crippen LogP contribution is -2.37. The highest BCUT2D eigenvalue weighted by Crippen LogP contribution is 2.27. The van der Waals surface area contributed by atoms with Crippen molar-refractivity contribution in [2.45, 2.75) is 26.2 Å². The summed E-state index contributed by atoms with van der Waals surface area (Å²) in [5, 5.41) is 0. The van der Waals surface area contributed by atoms with E-state index in [1.807, 2.05) is 11.8 Å². The Morgan fingerprint density at radius 1 is 1.61 bits per heavy atom. The number of nitrogens with two attached hydrogens (primary N) is 1. The molecule has 5 heteroatoms. The average molecular weight is 248 g/mol. The van der Waals surface area contributed by atoms with Gasteiger partial charge in [0.25, 0.3) is 5.91 Å². The molecule has 0 radical (unpaired) electrons. The second-order valence-corrected chi connectivity index (χ2v) is 4.71. The molecule has 0 atom stereocenters. The molecule has 1 aromatic rings. The number of carbonyl (C=O) groups is 1. The number of nitrogen functional groups attached to an aromatic ring is 1. The summed E-state index contributed by atoms with van der Waals surface area (Å²) < 4.78 is 0. The van der Waals surface area contributed by atoms with Gasteiger partial charge in [0.1, 0.15) is 5.82 Å². The minimum absolute atomic E-state index is 0.0586. The summed E-state index contributed by atoms with van der Waals surface area (Å²) in [5.74, 6) is 6.56. The maximum Gasteiger partial charge on any atom is 0.254 e. The second kappa shape index (κ2) is 5.82. The van der Waals surface area contributed by atoms with Gasteiger partial charge in [-0.25, -0.2) is 10.8 Å². The molecule has 5 nitrogen and oxygen atoms in total. The summed E-state index contributed by atoms with van der Waals surface area (Å²) in [7, 11) is 0. The molecule has 0 spiro atoms. The van der Waals surface area contributed by atoms with Gasteiger partial charge in [-0.3, -0.25) is 4.79 Å². The first-order valence-corrected chi connectivity index (χ1v) is 6.46. The molecule has 1 aliphatic carbocycles. The van der Waals surface area contributed by atoms with E-state index in [0.717, 1.165) is 13.1 Å². The SMILES string of the molecule is CCN(CC1CCC1)C(=O)c1ccnc(NN)c1. The Bertz CT molecular complexity index is 417. The van der Waals surface area contributed by atoms with Gasteiger partial charge in [0.2, 0.25) is 0 Å². The summed E-state index contributed by atoms with van der Waals surface area (Å²) in [5.41, 5.74) is 3.10. The predicted molar refractivity (Wildman–Crippen MR) is 71.0 cm³/mol. The standard InChI is InChI=1S/C13H20N4O/c1-2-17(9-10-4-3-5-10)13(18)11-6-7-15-12(8-11)16-14/h6-8,10H,2-5,9,14H2,1H3,(H,15,16). The van der Waals surface area contributed by atoms with Crippen molar-refractivity contribution in [3.05, 3.63) is 23.9 Å². The minimum Gasteiger partial charge on any atom is -0.339 e. The van der Waals surface area contributed by atoms with Crippen LogP contribution in [0.4, 0.5) is 5.82 Å². The molecule has 2 rings (SSSR count). The van der Waals surface area contributed by atoms with Crippen LogP contribution in [-0.4, -0.2) is 28.9 Å². The summed E-state index contributed by atoms with van der Waals surface area (Å²) in [6.45, 7) is 3.62. The molecule has 1 heterocycles. The van der Waals surface area contributed by atoms with Crippen molar-refractivity contribution in [2.24, 2.45) is 11.8 Å². The van der Waals surface area contributed by atoms with Crippen LogP contribution in [0.2, 0.25) is 0 Å². The Labute approximate surface area is 107 Å². The van der Waals surface area contributed by atoms with Gasteiger partial charge in [-0.15, -0.1) is 0 Å². The molecular weight excluding hydrogens is 228 g/mol. The molecule has 1 fully saturated rings. The molecule has 1 aliphatic rings. The molecule has 0 unspecified atom stereocenters. The molecule has 0 bridgehead atoms. The van der Waals surface area contributed by atoms with Crippen LogP contribution in [0.5, 0.6) is 0 Å². The monoisotopic (exact) mass is 248 g/mol. The van der Waals surface area contributed by atoms with Gasteiger partial charge in [-0.05, 0) is 37.8 Å². The predicted octanol–water partition coefficient (Wildman–Crippen LogP) is 1.63. The van der Waals surface area contributed by atoms with E-state index in [1.54, 1.807) is 18.3 Å². The maximum absolute atomic E-state index is 12.3. The molecule has 0 aromatic carbocycles. The minimum atomic E-state index is 0.0586. The van der Waals surface area contributed by atoms with E-state index in [4.69, 9.17) is 5.84 Å². The number of hydrazine groups is 1. The number of rotatable bonds is 5. The Morgan fingerprint density at radius 3 is 2.94 bits per heavy atom. The number of nitrogens with zero attached hydrogens (tertiary/aromatic N) is 2. The maximum atomic E-state index is 12.3. The number of hydrogen-bond acceptors (Lipinski definition) is 4. The summed E-state index contributed by atoms with van der Waals surface area (Å²) >= 11 is 0. The van der Waals surface area contributed by atoms with E-state index >= 15 is 0 Å². The Hall–Kier alpha value is -1.62. The molecule has 1 aromatic heterocycles. The van der Waals surface area contributed by atoms with Crippen LogP contribution in [0.1, 0.15) is 36.5 Å². The van der Waals surface area contributed by atoms with Crippen LogP contribution in [0.3, 0.4) is 0 Å². The Balaban J connectivity index is 2.06. The first-order valence-electron chi connectivity index (χ1n) is 6.46. The molecule has 0 aliphatic heterocycles. The lowest BCUT2D eigenvalue weighted by Gasteiger charge is -2.31. The number of pyridine rings is 1. The van der Waals surface area contributed by atoms with Gasteiger partial charge in [0, 0.05) is 24.8 Å². The zero-order valence-electron chi connectivity index (χ0n) is 10.7. The molecule has 18 heavy (non-hydrogen) atoms. The van der Waals surface area contributed by atoms with Crippen molar-refractivity contribution in [3.8, 4) is 0 Å². The van der Waals surface area contributed by atoms with Crippen LogP contribution in [0.15, 0.2) is 18.3 Å². The highest BCUT2D eigenvalue weighted by atomic mass is 16.2. The number of nitrogens with one attached hydrogen (secondary N) is 1. The number of anilines is 1. The van der Waals surface area contributed by atoms with Gasteiger partial charge >= 0.3 is 0 Å². The summed E-state index contributed by atoms with van der Waals surface area (Å²) in [6.07, 6.45) is 5.39. The number of aromatic nitrogens is 1. The van der Waals surface area contributed by atoms with Gasteiger partial charge in [-0.1, -0.05) is 6.42 Å². The fourth-order valence-corrected chi connectivity index (χ4v) is 2.17. The number of carbonyl (C=O) groups excluding carboxylic acids is 1. The molecule has 98 valence electrons. The second-order valence-electron chi connectivity index (χ2n) is 4.71. The number of amides is 1. The van der Waals surface area contributed by atoms with Gasteiger partial charge in [0.05, 0.1) is 0 Å². The van der Waals surface area contributed by atoms with Crippen molar-refractivity contribution >= 4 is 11.7 Å². The topological polar surface area (TPSA) is 71.2 Å². The third kappa shape index (κ3) is 2.79. The summed E-state index contributed by atoms with van der Waals surface area (Å²) in [4.78, 5) is 18.3. The van der Waals surface area contributed by atoms with E-state index in [0.29, 0.717) is 17.3 Å². The largest absolute Gasteiger partial charge is 0.339 e. The first-order chi connectivity index (χ1) is 8.74. The lowest BCUT2D eigenvalue weighted by atomic mass is 9.85. The quantitative estimate of drug-likeness (QED) is 0.613. The summed E-state index contributed by atoms with van der Waals surface area (Å²) in [6, 6.07) is 3.42. The zero-order valence-corrected chi connectivity index (χ0v) is 10.7. The average Bonchev–Trinajstić information content (AvgIpc) is 2.37. The number of hydrogen-bond donors (Lipinski definition) is 2. The molecular formula is C13H20N4O. The highest BCUT2D eigenvalue weighted by molar-refractivity contribution is 5.94. The van der Waals surface area contributed by atoms with Crippen molar-refractivity contribution < 1.29 is 4.79 Å². The zero-order chi connectivity index (χ0) is 13.0. The van der Waals surface area contributed by atoms with Crippen LogP contribution in [0, 0.1) is 5.92 Å². The normalized spacial score (nSPS) is 15.0. The van der Waals surface area contributed by atoms with Crippen LogP contribution in [0.25, 0.3) is 0 Å². The third-order valence-corrected chi connectivity index (χ3v) is 3.53. The highest BCUT2D eigenvalue weighted by Gasteiger charge is 2.23. The Morgan fingerprint density at radius 2 is 2.39 bits per heavy atom. The first kappa shape index (κ1) is 12.8. The third-order valence-electron chi connectivity index (χ3n) is 3.53. The van der Waals surface area contributed by atoms with E-state index < -0.39 is 0 Å². The molecule has 0 saturated heterocycles.